The van der Waals surface area contributed by atoms with Crippen LogP contribution in [0.25, 0.3) is 22.5 Å². The topological polar surface area (TPSA) is 98.7 Å². The van der Waals surface area contributed by atoms with Gasteiger partial charge in [0.15, 0.2) is 5.65 Å². The number of anilines is 1. The van der Waals surface area contributed by atoms with Gasteiger partial charge in [0.25, 0.3) is 5.89 Å². The summed E-state index contributed by atoms with van der Waals surface area (Å²) in [6.07, 6.45) is 6.46. The van der Waals surface area contributed by atoms with E-state index in [1.54, 1.807) is 13.1 Å². The lowest BCUT2D eigenvalue weighted by molar-refractivity contribution is -0.120. The number of hydrogen-bond acceptors (Lipinski definition) is 7. The van der Waals surface area contributed by atoms with Crippen LogP contribution in [0.5, 0.6) is 0 Å². The number of nitrogens with zero attached hydrogens (tertiary/aromatic N) is 5. The molecule has 1 fully saturated rings. The molecule has 3 heterocycles. The van der Waals surface area contributed by atoms with Crippen LogP contribution in [-0.4, -0.2) is 36.8 Å². The van der Waals surface area contributed by atoms with E-state index in [2.05, 4.69) is 25.6 Å². The lowest BCUT2D eigenvalue weighted by Gasteiger charge is -2.24. The fraction of sp³-hybridized carbons (Fsp3) is 0.471. The Kier molecular flexibility index (Phi) is 3.95. The van der Waals surface area contributed by atoms with Crippen molar-refractivity contribution in [2.75, 3.05) is 5.32 Å². The Morgan fingerprint density at radius 3 is 2.76 bits per heavy atom. The molecular formula is C17H20N6O2. The van der Waals surface area contributed by atoms with Crippen LogP contribution in [0.2, 0.25) is 0 Å². The first kappa shape index (κ1) is 15.7. The highest BCUT2D eigenvalue weighted by atomic mass is 16.4. The third-order valence-corrected chi connectivity index (χ3v) is 4.61. The SMILES string of the molecule is CCn1ncc2c(NC3CCC(=O)CC3)c(-c3nnc(C)o3)cnc21. The number of carbonyl (C=O) groups excluding carboxylic acids is 1. The Balaban J connectivity index is 1.79. The zero-order valence-corrected chi connectivity index (χ0v) is 14.3. The number of nitrogens with one attached hydrogen (secondary N) is 1. The van der Waals surface area contributed by atoms with Crippen LogP contribution in [0.3, 0.4) is 0 Å². The second-order valence-corrected chi connectivity index (χ2v) is 6.33. The normalized spacial score (nSPS) is 15.8. The molecule has 8 nitrogen and oxygen atoms in total. The molecule has 0 atom stereocenters. The molecule has 0 bridgehead atoms. The number of carbonyl (C=O) groups is 1. The highest BCUT2D eigenvalue weighted by molar-refractivity contribution is 5.96. The number of ketones is 1. The van der Waals surface area contributed by atoms with Crippen LogP contribution in [0.1, 0.15) is 38.5 Å². The van der Waals surface area contributed by atoms with Gasteiger partial charge in [-0.15, -0.1) is 10.2 Å². The van der Waals surface area contributed by atoms with Crippen LogP contribution < -0.4 is 5.32 Å². The zero-order valence-electron chi connectivity index (χ0n) is 14.3. The molecule has 1 aliphatic rings. The van der Waals surface area contributed by atoms with Gasteiger partial charge in [0, 0.05) is 38.5 Å². The molecule has 8 heteroatoms. The Hall–Kier alpha value is -2.77. The van der Waals surface area contributed by atoms with Crippen LogP contribution in [0.15, 0.2) is 16.8 Å². The Morgan fingerprint density at radius 2 is 2.08 bits per heavy atom. The number of aromatic nitrogens is 5. The fourth-order valence-electron chi connectivity index (χ4n) is 3.27. The molecule has 0 unspecified atom stereocenters. The molecule has 0 aromatic carbocycles. The zero-order chi connectivity index (χ0) is 17.4. The standard InChI is InChI=1S/C17H20N6O2/c1-3-23-16-13(9-19-23)15(20-11-4-6-12(24)7-5-11)14(8-18-16)17-22-21-10(2)25-17/h8-9,11H,3-7H2,1-2H3,(H,18,20). The number of hydrogen-bond donors (Lipinski definition) is 1. The Morgan fingerprint density at radius 1 is 1.28 bits per heavy atom. The molecule has 0 spiro atoms. The van der Waals surface area contributed by atoms with Crippen molar-refractivity contribution in [3.8, 4) is 11.5 Å². The third-order valence-electron chi connectivity index (χ3n) is 4.61. The summed E-state index contributed by atoms with van der Waals surface area (Å²) in [5.74, 6) is 1.28. The minimum absolute atomic E-state index is 0.232. The van der Waals surface area contributed by atoms with Crippen molar-refractivity contribution in [3.63, 3.8) is 0 Å². The van der Waals surface area contributed by atoms with Crippen LogP contribution in [0, 0.1) is 6.92 Å². The number of fused-ring (bicyclic) bond motifs is 1. The second kappa shape index (κ2) is 6.27. The maximum atomic E-state index is 11.5. The lowest BCUT2D eigenvalue weighted by Crippen LogP contribution is -2.26. The molecule has 0 saturated heterocycles. The first-order valence-corrected chi connectivity index (χ1v) is 8.59. The van der Waals surface area contributed by atoms with Gasteiger partial charge in [-0.25, -0.2) is 9.67 Å². The molecule has 0 radical (unpaired) electrons. The minimum atomic E-state index is 0.232. The largest absolute Gasteiger partial charge is 0.421 e. The number of aryl methyl sites for hydroxylation is 2. The lowest BCUT2D eigenvalue weighted by atomic mass is 9.94. The molecule has 25 heavy (non-hydrogen) atoms. The molecule has 0 aliphatic heterocycles. The highest BCUT2D eigenvalue weighted by Crippen LogP contribution is 2.34. The van der Waals surface area contributed by atoms with Gasteiger partial charge in [-0.05, 0) is 19.8 Å². The van der Waals surface area contributed by atoms with Gasteiger partial charge in [-0.3, -0.25) is 4.79 Å². The highest BCUT2D eigenvalue weighted by Gasteiger charge is 2.23. The van der Waals surface area contributed by atoms with Crippen LogP contribution in [0.4, 0.5) is 5.69 Å². The van der Waals surface area contributed by atoms with Crippen molar-refractivity contribution in [1.82, 2.24) is 25.0 Å². The van der Waals surface area contributed by atoms with Crippen molar-refractivity contribution < 1.29 is 9.21 Å². The molecule has 1 saturated carbocycles. The maximum Gasteiger partial charge on any atom is 0.251 e. The van der Waals surface area contributed by atoms with E-state index in [1.165, 1.54) is 0 Å². The van der Waals surface area contributed by atoms with Crippen molar-refractivity contribution in [1.29, 1.82) is 0 Å². The summed E-state index contributed by atoms with van der Waals surface area (Å²) < 4.78 is 7.47. The van der Waals surface area contributed by atoms with Crippen LogP contribution in [-0.2, 0) is 11.3 Å². The molecular weight excluding hydrogens is 320 g/mol. The van der Waals surface area contributed by atoms with E-state index in [0.717, 1.165) is 41.7 Å². The summed E-state index contributed by atoms with van der Waals surface area (Å²) in [5.41, 5.74) is 2.48. The van der Waals surface area contributed by atoms with E-state index in [1.807, 2.05) is 17.8 Å². The average Bonchev–Trinajstić information content (AvgIpc) is 3.23. The number of Topliss-reactive ketones (excluding diaryl/α,β-unsaturated/α-hetero) is 1. The average molecular weight is 340 g/mol. The van der Waals surface area contributed by atoms with E-state index < -0.39 is 0 Å². The molecule has 130 valence electrons. The maximum absolute atomic E-state index is 11.5. The monoisotopic (exact) mass is 340 g/mol. The summed E-state index contributed by atoms with van der Waals surface area (Å²) in [6.45, 7) is 4.54. The molecule has 3 aromatic rings. The third kappa shape index (κ3) is 2.88. The minimum Gasteiger partial charge on any atom is -0.421 e. The second-order valence-electron chi connectivity index (χ2n) is 6.33. The fourth-order valence-corrected chi connectivity index (χ4v) is 3.27. The smallest absolute Gasteiger partial charge is 0.251 e. The Bertz CT molecular complexity index is 919. The van der Waals surface area contributed by atoms with E-state index in [-0.39, 0.29) is 6.04 Å². The molecule has 0 amide bonds. The Labute approximate surface area is 144 Å². The van der Waals surface area contributed by atoms with E-state index in [0.29, 0.717) is 30.4 Å². The van der Waals surface area contributed by atoms with Crippen LogP contribution >= 0.6 is 0 Å². The summed E-state index contributed by atoms with van der Waals surface area (Å²) >= 11 is 0. The summed E-state index contributed by atoms with van der Waals surface area (Å²) in [4.78, 5) is 16.1. The van der Waals surface area contributed by atoms with E-state index in [9.17, 15) is 4.79 Å². The van der Waals surface area contributed by atoms with Crippen molar-refractivity contribution in [2.24, 2.45) is 0 Å². The molecule has 3 aromatic heterocycles. The summed E-state index contributed by atoms with van der Waals surface area (Å²) in [5, 5.41) is 17.0. The van der Waals surface area contributed by atoms with Gasteiger partial charge in [0.1, 0.15) is 5.78 Å². The quantitative estimate of drug-likeness (QED) is 0.779. The van der Waals surface area contributed by atoms with Crippen molar-refractivity contribution >= 4 is 22.5 Å². The predicted molar refractivity (Wildman–Crippen MR) is 92.1 cm³/mol. The first-order valence-electron chi connectivity index (χ1n) is 8.59. The first-order chi connectivity index (χ1) is 12.2. The van der Waals surface area contributed by atoms with Gasteiger partial charge >= 0.3 is 0 Å². The van der Waals surface area contributed by atoms with Gasteiger partial charge in [0.2, 0.25) is 5.89 Å². The molecule has 1 aliphatic carbocycles. The predicted octanol–water partition coefficient (Wildman–Crippen LogP) is 2.73. The van der Waals surface area contributed by atoms with E-state index >= 15 is 0 Å². The van der Waals surface area contributed by atoms with Gasteiger partial charge in [-0.2, -0.15) is 5.10 Å². The number of pyridine rings is 1. The van der Waals surface area contributed by atoms with Crippen molar-refractivity contribution in [3.05, 3.63) is 18.3 Å². The van der Waals surface area contributed by atoms with Crippen molar-refractivity contribution in [2.45, 2.75) is 52.1 Å². The summed E-state index contributed by atoms with van der Waals surface area (Å²) in [6, 6.07) is 0.232. The van der Waals surface area contributed by atoms with E-state index in [4.69, 9.17) is 4.42 Å². The molecule has 4 rings (SSSR count). The van der Waals surface area contributed by atoms with Gasteiger partial charge in [-0.1, -0.05) is 0 Å². The van der Waals surface area contributed by atoms with Gasteiger partial charge in [0.05, 0.1) is 22.8 Å². The van der Waals surface area contributed by atoms with Gasteiger partial charge < -0.3 is 9.73 Å². The molecule has 1 N–H and O–H groups in total. The summed E-state index contributed by atoms with van der Waals surface area (Å²) in [7, 11) is 0. The number of rotatable bonds is 4.